The third-order valence-electron chi connectivity index (χ3n) is 3.91. The summed E-state index contributed by atoms with van der Waals surface area (Å²) in [6.07, 6.45) is 4.40. The van der Waals surface area contributed by atoms with Crippen LogP contribution in [0.15, 0.2) is 6.20 Å². The van der Waals surface area contributed by atoms with E-state index in [9.17, 15) is 0 Å². The lowest BCUT2D eigenvalue weighted by atomic mass is 10.2. The molecule has 1 aliphatic heterocycles. The summed E-state index contributed by atoms with van der Waals surface area (Å²) >= 11 is 0. The van der Waals surface area contributed by atoms with Gasteiger partial charge < -0.3 is 10.6 Å². The average Bonchev–Trinajstić information content (AvgIpc) is 2.80. The highest BCUT2D eigenvalue weighted by Gasteiger charge is 2.21. The zero-order chi connectivity index (χ0) is 13.7. The summed E-state index contributed by atoms with van der Waals surface area (Å²) in [5, 5.41) is 8.14. The van der Waals surface area contributed by atoms with Gasteiger partial charge in [0.05, 0.1) is 12.2 Å². The van der Waals surface area contributed by atoms with Crippen molar-refractivity contribution in [1.82, 2.24) is 24.8 Å². The van der Waals surface area contributed by atoms with Gasteiger partial charge in [-0.25, -0.2) is 0 Å². The summed E-state index contributed by atoms with van der Waals surface area (Å²) in [4.78, 5) is 5.03. The molecule has 0 radical (unpaired) electrons. The molecule has 0 aromatic carbocycles. The predicted octanol–water partition coefficient (Wildman–Crippen LogP) is 0.153. The maximum Gasteiger partial charge on any atom is 0.0962 e. The van der Waals surface area contributed by atoms with E-state index in [1.165, 1.54) is 32.5 Å². The molecule has 0 saturated carbocycles. The second-order valence-electron chi connectivity index (χ2n) is 5.39. The van der Waals surface area contributed by atoms with Crippen molar-refractivity contribution in [3.63, 3.8) is 0 Å². The molecule has 6 nitrogen and oxygen atoms in total. The van der Waals surface area contributed by atoms with Crippen LogP contribution in [0.3, 0.4) is 0 Å². The number of likely N-dealkylation sites (N-methyl/N-ethyl adjacent to an activating group) is 1. The van der Waals surface area contributed by atoms with Crippen molar-refractivity contribution >= 4 is 0 Å². The standard InChI is InChI=1S/C13H26N6/c1-3-13-11-17(2)5-4-6-18(13)7-8-19-10-12(9-14)15-16-19/h10,13H,3-9,11,14H2,1-2H3. The monoisotopic (exact) mass is 266 g/mol. The Hall–Kier alpha value is -0.980. The van der Waals surface area contributed by atoms with Crippen LogP contribution in [0.25, 0.3) is 0 Å². The van der Waals surface area contributed by atoms with Crippen LogP contribution in [0.5, 0.6) is 0 Å². The van der Waals surface area contributed by atoms with Crippen LogP contribution in [0.2, 0.25) is 0 Å². The highest BCUT2D eigenvalue weighted by molar-refractivity contribution is 4.90. The van der Waals surface area contributed by atoms with Crippen molar-refractivity contribution in [2.45, 2.75) is 38.9 Å². The third-order valence-corrected chi connectivity index (χ3v) is 3.91. The van der Waals surface area contributed by atoms with Gasteiger partial charge >= 0.3 is 0 Å². The average molecular weight is 266 g/mol. The van der Waals surface area contributed by atoms with Crippen molar-refractivity contribution in [3.05, 3.63) is 11.9 Å². The number of hydrogen-bond donors (Lipinski definition) is 1. The van der Waals surface area contributed by atoms with Crippen molar-refractivity contribution in [2.24, 2.45) is 5.73 Å². The van der Waals surface area contributed by atoms with Crippen molar-refractivity contribution < 1.29 is 0 Å². The number of nitrogens with two attached hydrogens (primary N) is 1. The molecule has 1 aromatic heterocycles. The highest BCUT2D eigenvalue weighted by Crippen LogP contribution is 2.11. The second kappa shape index (κ2) is 6.98. The van der Waals surface area contributed by atoms with Crippen molar-refractivity contribution in [3.8, 4) is 0 Å². The molecular weight excluding hydrogens is 240 g/mol. The zero-order valence-corrected chi connectivity index (χ0v) is 12.1. The van der Waals surface area contributed by atoms with Crippen LogP contribution >= 0.6 is 0 Å². The van der Waals surface area contributed by atoms with Gasteiger partial charge in [-0.05, 0) is 33.0 Å². The minimum atomic E-state index is 0.464. The molecule has 1 fully saturated rings. The Morgan fingerprint density at radius 2 is 2.21 bits per heavy atom. The molecular formula is C13H26N6. The summed E-state index contributed by atoms with van der Waals surface area (Å²) in [7, 11) is 2.22. The largest absolute Gasteiger partial charge is 0.325 e. The van der Waals surface area contributed by atoms with E-state index in [2.05, 4.69) is 34.1 Å². The lowest BCUT2D eigenvalue weighted by Gasteiger charge is -2.29. The summed E-state index contributed by atoms with van der Waals surface area (Å²) in [5.41, 5.74) is 6.41. The molecule has 1 atom stereocenters. The second-order valence-corrected chi connectivity index (χ2v) is 5.39. The van der Waals surface area contributed by atoms with Crippen LogP contribution in [0.1, 0.15) is 25.5 Å². The predicted molar refractivity (Wildman–Crippen MR) is 75.7 cm³/mol. The van der Waals surface area contributed by atoms with E-state index in [0.717, 1.165) is 18.8 Å². The molecule has 0 amide bonds. The van der Waals surface area contributed by atoms with Crippen LogP contribution in [0.4, 0.5) is 0 Å². The van der Waals surface area contributed by atoms with Crippen LogP contribution < -0.4 is 5.73 Å². The van der Waals surface area contributed by atoms with E-state index < -0.39 is 0 Å². The highest BCUT2D eigenvalue weighted by atomic mass is 15.4. The van der Waals surface area contributed by atoms with E-state index in [1.807, 2.05) is 10.9 Å². The number of aromatic nitrogens is 3. The Balaban J connectivity index is 1.89. The lowest BCUT2D eigenvalue weighted by molar-refractivity contribution is 0.175. The van der Waals surface area contributed by atoms with Gasteiger partial charge in [-0.15, -0.1) is 5.10 Å². The Morgan fingerprint density at radius 3 is 2.89 bits per heavy atom. The molecule has 108 valence electrons. The van der Waals surface area contributed by atoms with Gasteiger partial charge in [0, 0.05) is 31.9 Å². The molecule has 0 bridgehead atoms. The molecule has 1 unspecified atom stereocenters. The first kappa shape index (κ1) is 14.4. The fourth-order valence-corrected chi connectivity index (χ4v) is 2.75. The molecule has 2 N–H and O–H groups in total. The third kappa shape index (κ3) is 3.99. The maximum absolute atomic E-state index is 5.55. The smallest absolute Gasteiger partial charge is 0.0962 e. The van der Waals surface area contributed by atoms with Gasteiger partial charge in [0.1, 0.15) is 0 Å². The molecule has 19 heavy (non-hydrogen) atoms. The normalized spacial score (nSPS) is 22.6. The van der Waals surface area contributed by atoms with Gasteiger partial charge in [-0.3, -0.25) is 9.58 Å². The van der Waals surface area contributed by atoms with E-state index in [4.69, 9.17) is 5.73 Å². The molecule has 0 aliphatic carbocycles. The van der Waals surface area contributed by atoms with Crippen molar-refractivity contribution in [2.75, 3.05) is 33.2 Å². The molecule has 1 aliphatic rings. The summed E-state index contributed by atoms with van der Waals surface area (Å²) in [5.74, 6) is 0. The van der Waals surface area contributed by atoms with E-state index in [-0.39, 0.29) is 0 Å². The SMILES string of the molecule is CCC1CN(C)CCCN1CCn1cc(CN)nn1. The van der Waals surface area contributed by atoms with Gasteiger partial charge in [-0.1, -0.05) is 12.1 Å². The lowest BCUT2D eigenvalue weighted by Crippen LogP contribution is -2.41. The zero-order valence-electron chi connectivity index (χ0n) is 12.1. The summed E-state index contributed by atoms with van der Waals surface area (Å²) in [6.45, 7) is 8.23. The van der Waals surface area contributed by atoms with Crippen molar-refractivity contribution in [1.29, 1.82) is 0 Å². The van der Waals surface area contributed by atoms with Gasteiger partial charge in [0.25, 0.3) is 0 Å². The fourth-order valence-electron chi connectivity index (χ4n) is 2.75. The molecule has 0 spiro atoms. The minimum absolute atomic E-state index is 0.464. The number of nitrogens with zero attached hydrogens (tertiary/aromatic N) is 5. The topological polar surface area (TPSA) is 63.2 Å². The quantitative estimate of drug-likeness (QED) is 0.822. The Morgan fingerprint density at radius 1 is 1.37 bits per heavy atom. The Labute approximate surface area is 115 Å². The number of hydrogen-bond acceptors (Lipinski definition) is 5. The van der Waals surface area contributed by atoms with Crippen LogP contribution in [-0.2, 0) is 13.1 Å². The van der Waals surface area contributed by atoms with E-state index >= 15 is 0 Å². The minimum Gasteiger partial charge on any atom is -0.325 e. The first-order valence-electron chi connectivity index (χ1n) is 7.24. The first-order chi connectivity index (χ1) is 9.22. The van der Waals surface area contributed by atoms with Gasteiger partial charge in [0.2, 0.25) is 0 Å². The van der Waals surface area contributed by atoms with E-state index in [0.29, 0.717) is 12.6 Å². The van der Waals surface area contributed by atoms with Crippen LogP contribution in [-0.4, -0.2) is 64.1 Å². The van der Waals surface area contributed by atoms with Gasteiger partial charge in [0.15, 0.2) is 0 Å². The molecule has 2 heterocycles. The fraction of sp³-hybridized carbons (Fsp3) is 0.846. The Kier molecular flexibility index (Phi) is 5.30. The van der Waals surface area contributed by atoms with Gasteiger partial charge in [-0.2, -0.15) is 0 Å². The molecule has 1 aromatic rings. The van der Waals surface area contributed by atoms with E-state index in [1.54, 1.807) is 0 Å². The number of rotatable bonds is 5. The summed E-state index contributed by atoms with van der Waals surface area (Å²) in [6, 6.07) is 0.657. The Bertz CT molecular complexity index is 377. The van der Waals surface area contributed by atoms with Crippen LogP contribution in [0, 0.1) is 0 Å². The molecule has 6 heteroatoms. The summed E-state index contributed by atoms with van der Waals surface area (Å²) < 4.78 is 1.91. The molecule has 1 saturated heterocycles. The maximum atomic E-state index is 5.55. The molecule has 2 rings (SSSR count). The first-order valence-corrected chi connectivity index (χ1v) is 7.24.